The zero-order valence-corrected chi connectivity index (χ0v) is 10.7. The van der Waals surface area contributed by atoms with Gasteiger partial charge in [-0.05, 0) is 13.8 Å². The van der Waals surface area contributed by atoms with Gasteiger partial charge < -0.3 is 19.3 Å². The molecule has 0 rings (SSSR count). The summed E-state index contributed by atoms with van der Waals surface area (Å²) in [5, 5.41) is 10.0. The Kier molecular flexibility index (Phi) is 6.96. The predicted molar refractivity (Wildman–Crippen MR) is 59.5 cm³/mol. The summed E-state index contributed by atoms with van der Waals surface area (Å²) in [6, 6.07) is 0. The average Bonchev–Trinajstić information content (AvgIpc) is 2.29. The minimum atomic E-state index is -2.25. The first-order valence-corrected chi connectivity index (χ1v) is 5.51. The van der Waals surface area contributed by atoms with Gasteiger partial charge in [-0.1, -0.05) is 0 Å². The number of rotatable bonds is 7. The van der Waals surface area contributed by atoms with E-state index >= 15 is 0 Å². The molecule has 0 aromatic carbocycles. The first kappa shape index (κ1) is 16.4. The molecule has 0 aliphatic rings. The van der Waals surface area contributed by atoms with Crippen LogP contribution in [0.1, 0.15) is 26.7 Å². The van der Waals surface area contributed by atoms with Gasteiger partial charge in [0.05, 0.1) is 33.2 Å². The Morgan fingerprint density at radius 1 is 1.00 bits per heavy atom. The summed E-state index contributed by atoms with van der Waals surface area (Å²) < 4.78 is 13.6. The van der Waals surface area contributed by atoms with Crippen molar-refractivity contribution in [3.63, 3.8) is 0 Å². The summed E-state index contributed by atoms with van der Waals surface area (Å²) in [6.07, 6.45) is -1.32. The lowest BCUT2D eigenvalue weighted by molar-refractivity contribution is -0.176. The minimum Gasteiger partial charge on any atom is -0.469 e. The van der Waals surface area contributed by atoms with Crippen LogP contribution in [0, 0.1) is 0 Å². The van der Waals surface area contributed by atoms with Gasteiger partial charge in [0.2, 0.25) is 0 Å². The van der Waals surface area contributed by atoms with E-state index in [0.717, 1.165) is 7.11 Å². The fourth-order valence-corrected chi connectivity index (χ4v) is 1.23. The fourth-order valence-electron chi connectivity index (χ4n) is 1.23. The first-order valence-electron chi connectivity index (χ1n) is 5.51. The number of aliphatic hydroxyl groups is 1. The van der Waals surface area contributed by atoms with Crippen LogP contribution in [0.4, 0.5) is 0 Å². The molecule has 1 unspecified atom stereocenters. The Balaban J connectivity index is 4.84. The number of ether oxygens (including phenoxy) is 3. The molecule has 1 N–H and O–H groups in total. The summed E-state index contributed by atoms with van der Waals surface area (Å²) in [7, 11) is 1.11. The Hall–Kier alpha value is -1.63. The van der Waals surface area contributed by atoms with Gasteiger partial charge in [0.15, 0.2) is 5.60 Å². The van der Waals surface area contributed by atoms with Crippen molar-refractivity contribution in [2.24, 2.45) is 0 Å². The van der Waals surface area contributed by atoms with Crippen molar-refractivity contribution in [2.75, 3.05) is 20.3 Å². The molecular formula is C11H18O7. The van der Waals surface area contributed by atoms with E-state index in [1.165, 1.54) is 0 Å². The standard InChI is InChI=1S/C11H18O7/c1-4-17-9(13)7-11(15,6-8(12)16-3)10(14)18-5-2/h15H,4-7H2,1-3H3. The quantitative estimate of drug-likeness (QED) is 0.501. The van der Waals surface area contributed by atoms with E-state index in [9.17, 15) is 19.5 Å². The molecule has 7 heteroatoms. The van der Waals surface area contributed by atoms with Crippen molar-refractivity contribution in [3.8, 4) is 0 Å². The Labute approximate surface area is 105 Å². The maximum absolute atomic E-state index is 11.6. The summed E-state index contributed by atoms with van der Waals surface area (Å²) in [6.45, 7) is 3.25. The van der Waals surface area contributed by atoms with Gasteiger partial charge in [-0.15, -0.1) is 0 Å². The number of hydrogen-bond donors (Lipinski definition) is 1. The number of carbonyl (C=O) groups is 3. The predicted octanol–water partition coefficient (Wildman–Crippen LogP) is -0.203. The van der Waals surface area contributed by atoms with Crippen LogP contribution in [0.5, 0.6) is 0 Å². The highest BCUT2D eigenvalue weighted by molar-refractivity contribution is 5.90. The van der Waals surface area contributed by atoms with Gasteiger partial charge in [-0.25, -0.2) is 4.79 Å². The van der Waals surface area contributed by atoms with Crippen molar-refractivity contribution >= 4 is 17.9 Å². The van der Waals surface area contributed by atoms with Gasteiger partial charge in [-0.2, -0.15) is 0 Å². The first-order chi connectivity index (χ1) is 8.39. The van der Waals surface area contributed by atoms with Crippen LogP contribution in [-0.4, -0.2) is 48.9 Å². The normalized spacial score (nSPS) is 13.3. The summed E-state index contributed by atoms with van der Waals surface area (Å²) in [4.78, 5) is 34.0. The molecule has 0 radical (unpaired) electrons. The van der Waals surface area contributed by atoms with E-state index in [-0.39, 0.29) is 13.2 Å². The molecule has 0 aliphatic heterocycles. The molecule has 0 aromatic heterocycles. The summed E-state index contributed by atoms with van der Waals surface area (Å²) in [5.74, 6) is -2.67. The molecule has 104 valence electrons. The molecule has 1 atom stereocenters. The SMILES string of the molecule is CCOC(=O)CC(O)(CC(=O)OC)C(=O)OCC. The topological polar surface area (TPSA) is 99.1 Å². The molecule has 0 fully saturated rings. The number of carbonyl (C=O) groups excluding carboxylic acids is 3. The minimum absolute atomic E-state index is 0.0190. The van der Waals surface area contributed by atoms with Crippen molar-refractivity contribution in [2.45, 2.75) is 32.3 Å². The van der Waals surface area contributed by atoms with Gasteiger partial charge in [0.1, 0.15) is 0 Å². The zero-order chi connectivity index (χ0) is 14.2. The van der Waals surface area contributed by atoms with Crippen molar-refractivity contribution in [3.05, 3.63) is 0 Å². The summed E-state index contributed by atoms with van der Waals surface area (Å²) in [5.41, 5.74) is -2.25. The van der Waals surface area contributed by atoms with Gasteiger partial charge >= 0.3 is 17.9 Å². The Bertz CT molecular complexity index is 313. The monoisotopic (exact) mass is 262 g/mol. The molecule has 0 aromatic rings. The third-order valence-electron chi connectivity index (χ3n) is 2.06. The smallest absolute Gasteiger partial charge is 0.339 e. The third-order valence-corrected chi connectivity index (χ3v) is 2.06. The van der Waals surface area contributed by atoms with E-state index in [2.05, 4.69) is 14.2 Å². The third kappa shape index (κ3) is 5.13. The van der Waals surface area contributed by atoms with Crippen LogP contribution in [0.25, 0.3) is 0 Å². The van der Waals surface area contributed by atoms with E-state index in [1.807, 2.05) is 0 Å². The van der Waals surface area contributed by atoms with Crippen LogP contribution < -0.4 is 0 Å². The zero-order valence-electron chi connectivity index (χ0n) is 10.7. The van der Waals surface area contributed by atoms with E-state index < -0.39 is 36.4 Å². The molecule has 0 amide bonds. The van der Waals surface area contributed by atoms with Crippen LogP contribution >= 0.6 is 0 Å². The number of methoxy groups -OCH3 is 1. The maximum atomic E-state index is 11.6. The van der Waals surface area contributed by atoms with Crippen molar-refractivity contribution in [1.29, 1.82) is 0 Å². The Morgan fingerprint density at radius 3 is 1.94 bits per heavy atom. The summed E-state index contributed by atoms with van der Waals surface area (Å²) >= 11 is 0. The maximum Gasteiger partial charge on any atom is 0.339 e. The molecule has 0 heterocycles. The second-order valence-corrected chi connectivity index (χ2v) is 3.49. The lowest BCUT2D eigenvalue weighted by atomic mass is 9.95. The van der Waals surface area contributed by atoms with Crippen LogP contribution in [-0.2, 0) is 28.6 Å². The van der Waals surface area contributed by atoms with Gasteiger partial charge in [0, 0.05) is 0 Å². The van der Waals surface area contributed by atoms with Crippen molar-refractivity contribution < 1.29 is 33.7 Å². The molecule has 0 spiro atoms. The second-order valence-electron chi connectivity index (χ2n) is 3.49. The molecule has 18 heavy (non-hydrogen) atoms. The molecule has 0 bridgehead atoms. The average molecular weight is 262 g/mol. The highest BCUT2D eigenvalue weighted by atomic mass is 16.6. The van der Waals surface area contributed by atoms with E-state index in [4.69, 9.17) is 0 Å². The largest absolute Gasteiger partial charge is 0.469 e. The molecule has 0 aliphatic carbocycles. The van der Waals surface area contributed by atoms with E-state index in [0.29, 0.717) is 0 Å². The molecule has 0 saturated heterocycles. The highest BCUT2D eigenvalue weighted by Crippen LogP contribution is 2.19. The van der Waals surface area contributed by atoms with Crippen molar-refractivity contribution in [1.82, 2.24) is 0 Å². The van der Waals surface area contributed by atoms with Gasteiger partial charge in [-0.3, -0.25) is 9.59 Å². The van der Waals surface area contributed by atoms with Crippen LogP contribution in [0.3, 0.4) is 0 Å². The molecule has 7 nitrogen and oxygen atoms in total. The van der Waals surface area contributed by atoms with Crippen LogP contribution in [0.2, 0.25) is 0 Å². The fraction of sp³-hybridized carbons (Fsp3) is 0.727. The van der Waals surface area contributed by atoms with Gasteiger partial charge in [0.25, 0.3) is 0 Å². The number of esters is 3. The molecular weight excluding hydrogens is 244 g/mol. The second kappa shape index (κ2) is 7.65. The lowest BCUT2D eigenvalue weighted by Crippen LogP contribution is -2.44. The number of hydrogen-bond acceptors (Lipinski definition) is 7. The van der Waals surface area contributed by atoms with Crippen LogP contribution in [0.15, 0.2) is 0 Å². The Morgan fingerprint density at radius 2 is 1.50 bits per heavy atom. The molecule has 0 saturated carbocycles. The highest BCUT2D eigenvalue weighted by Gasteiger charge is 2.43. The van der Waals surface area contributed by atoms with E-state index in [1.54, 1.807) is 13.8 Å². The lowest BCUT2D eigenvalue weighted by Gasteiger charge is -2.23.